The molecule has 0 unspecified atom stereocenters. The molecule has 1 aliphatic heterocycles. The Balaban J connectivity index is 1.57. The first kappa shape index (κ1) is 16.6. The Morgan fingerprint density at radius 3 is 2.71 bits per heavy atom. The van der Waals surface area contributed by atoms with Crippen molar-refractivity contribution in [3.8, 4) is 5.75 Å². The van der Waals surface area contributed by atoms with Gasteiger partial charge in [-0.25, -0.2) is 4.98 Å². The second-order valence-corrected chi connectivity index (χ2v) is 6.12. The summed E-state index contributed by atoms with van der Waals surface area (Å²) in [5, 5.41) is 0.490. The van der Waals surface area contributed by atoms with Crippen LogP contribution in [0.15, 0.2) is 42.6 Å². The fourth-order valence-corrected chi connectivity index (χ4v) is 3.04. The molecule has 0 N–H and O–H groups in total. The van der Waals surface area contributed by atoms with Gasteiger partial charge in [0.2, 0.25) is 5.91 Å². The van der Waals surface area contributed by atoms with Crippen LogP contribution in [-0.2, 0) is 11.2 Å². The number of hydrogen-bond acceptors (Lipinski definition) is 4. The first-order valence-electron chi connectivity index (χ1n) is 7.93. The number of anilines is 1. The fourth-order valence-electron chi connectivity index (χ4n) is 2.87. The van der Waals surface area contributed by atoms with Crippen molar-refractivity contribution in [2.45, 2.75) is 6.42 Å². The lowest BCUT2D eigenvalue weighted by Gasteiger charge is -2.36. The fraction of sp³-hybridized carbons (Fsp3) is 0.333. The van der Waals surface area contributed by atoms with Crippen LogP contribution in [-0.4, -0.2) is 49.1 Å². The van der Waals surface area contributed by atoms with E-state index >= 15 is 0 Å². The van der Waals surface area contributed by atoms with E-state index in [-0.39, 0.29) is 5.91 Å². The summed E-state index contributed by atoms with van der Waals surface area (Å²) in [6, 6.07) is 11.5. The van der Waals surface area contributed by atoms with Crippen molar-refractivity contribution in [1.82, 2.24) is 9.88 Å². The van der Waals surface area contributed by atoms with Crippen molar-refractivity contribution in [2.24, 2.45) is 0 Å². The molecule has 1 aromatic carbocycles. The number of hydrogen-bond donors (Lipinski definition) is 0. The number of carbonyl (C=O) groups is 1. The second-order valence-electron chi connectivity index (χ2n) is 5.73. The molecule has 2 aromatic rings. The van der Waals surface area contributed by atoms with Crippen molar-refractivity contribution in [2.75, 3.05) is 38.2 Å². The third kappa shape index (κ3) is 3.97. The average Bonchev–Trinajstić information content (AvgIpc) is 2.62. The topological polar surface area (TPSA) is 45.7 Å². The molecule has 5 nitrogen and oxygen atoms in total. The van der Waals surface area contributed by atoms with Crippen LogP contribution in [0.3, 0.4) is 0 Å². The summed E-state index contributed by atoms with van der Waals surface area (Å²) in [7, 11) is 1.63. The van der Waals surface area contributed by atoms with Gasteiger partial charge >= 0.3 is 0 Å². The van der Waals surface area contributed by atoms with E-state index in [1.807, 2.05) is 41.3 Å². The summed E-state index contributed by atoms with van der Waals surface area (Å²) in [5.41, 5.74) is 2.03. The van der Waals surface area contributed by atoms with Crippen molar-refractivity contribution in [3.05, 3.63) is 53.3 Å². The van der Waals surface area contributed by atoms with Gasteiger partial charge in [0, 0.05) is 38.1 Å². The maximum atomic E-state index is 12.5. The van der Waals surface area contributed by atoms with E-state index in [4.69, 9.17) is 16.3 Å². The third-order valence-electron chi connectivity index (χ3n) is 4.20. The largest absolute Gasteiger partial charge is 0.497 e. The van der Waals surface area contributed by atoms with Crippen molar-refractivity contribution in [3.63, 3.8) is 0 Å². The summed E-state index contributed by atoms with van der Waals surface area (Å²) in [4.78, 5) is 20.6. The van der Waals surface area contributed by atoms with E-state index < -0.39 is 0 Å². The first-order valence-corrected chi connectivity index (χ1v) is 8.31. The number of amides is 1. The van der Waals surface area contributed by atoms with Crippen molar-refractivity contribution < 1.29 is 9.53 Å². The lowest BCUT2D eigenvalue weighted by molar-refractivity contribution is -0.130. The summed E-state index contributed by atoms with van der Waals surface area (Å²) >= 11 is 5.95. The Hall–Kier alpha value is -2.27. The zero-order chi connectivity index (χ0) is 16.9. The average molecular weight is 346 g/mol. The van der Waals surface area contributed by atoms with Gasteiger partial charge in [0.25, 0.3) is 0 Å². The molecule has 0 radical (unpaired) electrons. The number of carbonyl (C=O) groups excluding carboxylic acids is 1. The van der Waals surface area contributed by atoms with Gasteiger partial charge in [-0.1, -0.05) is 23.7 Å². The van der Waals surface area contributed by atoms with Crippen LogP contribution in [0.4, 0.5) is 5.69 Å². The zero-order valence-corrected chi connectivity index (χ0v) is 14.4. The van der Waals surface area contributed by atoms with Gasteiger partial charge in [0.05, 0.1) is 13.5 Å². The molecule has 0 spiro atoms. The van der Waals surface area contributed by atoms with Gasteiger partial charge < -0.3 is 14.5 Å². The summed E-state index contributed by atoms with van der Waals surface area (Å²) in [5.74, 6) is 0.926. The van der Waals surface area contributed by atoms with Crippen LogP contribution in [0, 0.1) is 0 Å². The molecule has 1 aliphatic rings. The highest BCUT2D eigenvalue weighted by Crippen LogP contribution is 2.19. The minimum Gasteiger partial charge on any atom is -0.497 e. The highest BCUT2D eigenvalue weighted by Gasteiger charge is 2.21. The minimum absolute atomic E-state index is 0.149. The highest BCUT2D eigenvalue weighted by molar-refractivity contribution is 6.29. The second kappa shape index (κ2) is 7.53. The van der Waals surface area contributed by atoms with E-state index in [1.165, 1.54) is 0 Å². The maximum Gasteiger partial charge on any atom is 0.227 e. The predicted molar refractivity (Wildman–Crippen MR) is 94.7 cm³/mol. The predicted octanol–water partition coefficient (Wildman–Crippen LogP) is 2.63. The third-order valence-corrected chi connectivity index (χ3v) is 4.40. The number of rotatable bonds is 4. The molecule has 0 atom stereocenters. The van der Waals surface area contributed by atoms with Gasteiger partial charge in [-0.05, 0) is 29.8 Å². The first-order chi connectivity index (χ1) is 11.7. The molecule has 1 amide bonds. The number of benzene rings is 1. The molecule has 6 heteroatoms. The molecular weight excluding hydrogens is 326 g/mol. The zero-order valence-electron chi connectivity index (χ0n) is 13.6. The quantitative estimate of drug-likeness (QED) is 0.799. The normalized spacial score (nSPS) is 14.6. The Morgan fingerprint density at radius 1 is 1.21 bits per heavy atom. The summed E-state index contributed by atoms with van der Waals surface area (Å²) in [6.45, 7) is 3.01. The van der Waals surface area contributed by atoms with E-state index in [9.17, 15) is 4.79 Å². The summed E-state index contributed by atoms with van der Waals surface area (Å²) < 4.78 is 5.21. The minimum atomic E-state index is 0.149. The van der Waals surface area contributed by atoms with Crippen LogP contribution in [0.1, 0.15) is 5.56 Å². The number of ether oxygens (including phenoxy) is 1. The number of methoxy groups -OCH3 is 1. The number of aromatic nitrogens is 1. The molecule has 1 aromatic heterocycles. The van der Waals surface area contributed by atoms with E-state index in [0.717, 1.165) is 30.1 Å². The Kier molecular flexibility index (Phi) is 5.20. The van der Waals surface area contributed by atoms with E-state index in [2.05, 4.69) is 9.88 Å². The van der Waals surface area contributed by atoms with Crippen LogP contribution < -0.4 is 9.64 Å². The Labute approximate surface area is 146 Å². The number of halogens is 1. The Bertz CT molecular complexity index is 715. The van der Waals surface area contributed by atoms with Crippen molar-refractivity contribution in [1.29, 1.82) is 0 Å². The summed E-state index contributed by atoms with van der Waals surface area (Å²) in [6.07, 6.45) is 2.11. The van der Waals surface area contributed by atoms with Gasteiger partial charge in [-0.2, -0.15) is 0 Å². The van der Waals surface area contributed by atoms with Crippen LogP contribution in [0.2, 0.25) is 5.15 Å². The molecule has 0 aliphatic carbocycles. The molecule has 0 bridgehead atoms. The van der Waals surface area contributed by atoms with Crippen LogP contribution in [0.5, 0.6) is 5.75 Å². The molecule has 0 saturated carbocycles. The van der Waals surface area contributed by atoms with Crippen molar-refractivity contribution >= 4 is 23.2 Å². The van der Waals surface area contributed by atoms with Crippen LogP contribution >= 0.6 is 11.6 Å². The molecule has 2 heterocycles. The van der Waals surface area contributed by atoms with Gasteiger partial charge in [0.15, 0.2) is 0 Å². The maximum absolute atomic E-state index is 12.5. The van der Waals surface area contributed by atoms with Crippen LogP contribution in [0.25, 0.3) is 0 Å². The molecule has 3 rings (SSSR count). The SMILES string of the molecule is COc1cccc(CC(=O)N2CCN(c3ccnc(Cl)c3)CC2)c1. The Morgan fingerprint density at radius 2 is 2.00 bits per heavy atom. The lowest BCUT2D eigenvalue weighted by atomic mass is 10.1. The van der Waals surface area contributed by atoms with Gasteiger partial charge in [-0.15, -0.1) is 0 Å². The van der Waals surface area contributed by atoms with E-state index in [0.29, 0.717) is 24.7 Å². The van der Waals surface area contributed by atoms with Gasteiger partial charge in [-0.3, -0.25) is 4.79 Å². The molecule has 126 valence electrons. The lowest BCUT2D eigenvalue weighted by Crippen LogP contribution is -2.49. The number of nitrogens with zero attached hydrogens (tertiary/aromatic N) is 3. The smallest absolute Gasteiger partial charge is 0.227 e. The number of piperazine rings is 1. The number of pyridine rings is 1. The highest BCUT2D eigenvalue weighted by atomic mass is 35.5. The molecule has 1 saturated heterocycles. The van der Waals surface area contributed by atoms with Gasteiger partial charge in [0.1, 0.15) is 10.9 Å². The molecular formula is C18H20ClN3O2. The molecule has 24 heavy (non-hydrogen) atoms. The monoisotopic (exact) mass is 345 g/mol. The standard InChI is InChI=1S/C18H20ClN3O2/c1-24-16-4-2-3-14(11-16)12-18(23)22-9-7-21(8-10-22)15-5-6-20-17(19)13-15/h2-6,11,13H,7-10,12H2,1H3. The van der Waals surface area contributed by atoms with E-state index in [1.54, 1.807) is 13.3 Å². The molecule has 1 fully saturated rings.